The topological polar surface area (TPSA) is 112 Å². The van der Waals surface area contributed by atoms with Crippen LogP contribution in [0.3, 0.4) is 0 Å². The molecule has 2 aromatic rings. The smallest absolute Gasteiger partial charge is 0.266 e. The average molecular weight is 425 g/mol. The van der Waals surface area contributed by atoms with E-state index in [-0.39, 0.29) is 10.5 Å². The quantitative estimate of drug-likeness (QED) is 0.596. The number of nitrogens with one attached hydrogen (secondary N) is 2. The van der Waals surface area contributed by atoms with Crippen molar-refractivity contribution in [1.29, 1.82) is 0 Å². The number of sulfonamides is 1. The van der Waals surface area contributed by atoms with Crippen molar-refractivity contribution in [3.8, 4) is 11.5 Å². The van der Waals surface area contributed by atoms with Crippen LogP contribution in [-0.4, -0.2) is 37.8 Å². The number of hydrazine groups is 1. The first-order valence-corrected chi connectivity index (χ1v) is 10.7. The molecule has 0 saturated heterocycles. The number of carbonyl (C=O) groups excluding carboxylic acids is 1. The van der Waals surface area contributed by atoms with Gasteiger partial charge < -0.3 is 9.47 Å². The second kappa shape index (κ2) is 9.27. The summed E-state index contributed by atoms with van der Waals surface area (Å²) in [4.78, 5) is 14.6. The molecular formula is C19H28N4O5S. The zero-order valence-corrected chi connectivity index (χ0v) is 18.4. The van der Waals surface area contributed by atoms with Crippen LogP contribution in [0.5, 0.6) is 11.5 Å². The summed E-state index contributed by atoms with van der Waals surface area (Å²) in [6.45, 7) is 7.96. The SMILES string of the molecule is COc1cc(C(=O)NNS(=O)(=O)c2c(C)nn(C)c2C)ccc1OCCC(C)C. The molecule has 1 amide bonds. The number of aryl methyl sites for hydroxylation is 2. The van der Waals surface area contributed by atoms with Crippen LogP contribution in [0.4, 0.5) is 0 Å². The van der Waals surface area contributed by atoms with Crippen LogP contribution in [0.2, 0.25) is 0 Å². The molecular weight excluding hydrogens is 396 g/mol. The Balaban J connectivity index is 2.10. The molecule has 0 fully saturated rings. The summed E-state index contributed by atoms with van der Waals surface area (Å²) in [5.41, 5.74) is 3.25. The lowest BCUT2D eigenvalue weighted by Crippen LogP contribution is -2.41. The van der Waals surface area contributed by atoms with Crippen molar-refractivity contribution in [2.75, 3.05) is 13.7 Å². The predicted molar refractivity (Wildman–Crippen MR) is 108 cm³/mol. The molecule has 9 nitrogen and oxygen atoms in total. The van der Waals surface area contributed by atoms with Crippen LogP contribution in [0.1, 0.15) is 42.0 Å². The van der Waals surface area contributed by atoms with E-state index in [1.165, 1.54) is 23.9 Å². The highest BCUT2D eigenvalue weighted by atomic mass is 32.2. The molecule has 29 heavy (non-hydrogen) atoms. The van der Waals surface area contributed by atoms with Gasteiger partial charge in [-0.2, -0.15) is 5.10 Å². The van der Waals surface area contributed by atoms with E-state index in [0.717, 1.165) is 6.42 Å². The van der Waals surface area contributed by atoms with Gasteiger partial charge in [-0.05, 0) is 44.4 Å². The number of nitrogens with zero attached hydrogens (tertiary/aromatic N) is 2. The maximum absolute atomic E-state index is 12.5. The van der Waals surface area contributed by atoms with E-state index in [0.29, 0.717) is 35.4 Å². The summed E-state index contributed by atoms with van der Waals surface area (Å²) < 4.78 is 37.6. The summed E-state index contributed by atoms with van der Waals surface area (Å²) in [5, 5.41) is 4.08. The van der Waals surface area contributed by atoms with Gasteiger partial charge in [0, 0.05) is 12.6 Å². The molecule has 2 rings (SSSR count). The van der Waals surface area contributed by atoms with E-state index in [4.69, 9.17) is 9.47 Å². The number of benzene rings is 1. The van der Waals surface area contributed by atoms with Gasteiger partial charge in [-0.25, -0.2) is 8.42 Å². The van der Waals surface area contributed by atoms with Crippen LogP contribution in [0.25, 0.3) is 0 Å². The monoisotopic (exact) mass is 424 g/mol. The zero-order chi connectivity index (χ0) is 21.8. The first kappa shape index (κ1) is 22.7. The van der Waals surface area contributed by atoms with Gasteiger partial charge in [0.05, 0.1) is 25.1 Å². The number of methoxy groups -OCH3 is 1. The third-order valence-corrected chi connectivity index (χ3v) is 5.89. The molecule has 2 N–H and O–H groups in total. The van der Waals surface area contributed by atoms with Crippen molar-refractivity contribution < 1.29 is 22.7 Å². The lowest BCUT2D eigenvalue weighted by molar-refractivity contribution is 0.0944. The molecule has 0 unspecified atom stereocenters. The van der Waals surface area contributed by atoms with Gasteiger partial charge >= 0.3 is 0 Å². The number of hydrogen-bond donors (Lipinski definition) is 2. The minimum Gasteiger partial charge on any atom is -0.493 e. The second-order valence-electron chi connectivity index (χ2n) is 7.08. The van der Waals surface area contributed by atoms with E-state index >= 15 is 0 Å². The minimum absolute atomic E-state index is 0.0341. The molecule has 1 aromatic carbocycles. The normalized spacial score (nSPS) is 11.6. The molecule has 0 spiro atoms. The highest BCUT2D eigenvalue weighted by Gasteiger charge is 2.24. The van der Waals surface area contributed by atoms with E-state index in [1.807, 2.05) is 0 Å². The third-order valence-electron chi connectivity index (χ3n) is 4.39. The summed E-state index contributed by atoms with van der Waals surface area (Å²) in [6.07, 6.45) is 0.889. The third kappa shape index (κ3) is 5.48. The molecule has 0 atom stereocenters. The van der Waals surface area contributed by atoms with Crippen LogP contribution in [0.15, 0.2) is 23.1 Å². The van der Waals surface area contributed by atoms with Gasteiger partial charge in [-0.15, -0.1) is 4.83 Å². The average Bonchev–Trinajstić information content (AvgIpc) is 2.92. The van der Waals surface area contributed by atoms with Gasteiger partial charge in [0.1, 0.15) is 4.90 Å². The molecule has 0 aliphatic carbocycles. The number of ether oxygens (including phenoxy) is 2. The van der Waals surface area contributed by atoms with Gasteiger partial charge in [0.15, 0.2) is 11.5 Å². The van der Waals surface area contributed by atoms with Crippen molar-refractivity contribution >= 4 is 15.9 Å². The van der Waals surface area contributed by atoms with Crippen LogP contribution >= 0.6 is 0 Å². The Morgan fingerprint density at radius 2 is 1.93 bits per heavy atom. The fraction of sp³-hybridized carbons (Fsp3) is 0.474. The van der Waals surface area contributed by atoms with E-state index in [2.05, 4.69) is 29.2 Å². The van der Waals surface area contributed by atoms with Crippen molar-refractivity contribution in [3.63, 3.8) is 0 Å². The Bertz CT molecular complexity index is 983. The van der Waals surface area contributed by atoms with Crippen molar-refractivity contribution in [2.45, 2.75) is 39.0 Å². The Labute approximate surface area is 171 Å². The summed E-state index contributed by atoms with van der Waals surface area (Å²) in [5.74, 6) is 0.793. The molecule has 0 aliphatic heterocycles. The standard InChI is InChI=1S/C19H28N4O5S/c1-12(2)9-10-28-16-8-7-15(11-17(16)27-6)19(24)20-22-29(25,26)18-13(3)21-23(5)14(18)4/h7-8,11-12,22H,9-10H2,1-6H3,(H,20,24). The highest BCUT2D eigenvalue weighted by molar-refractivity contribution is 7.89. The largest absolute Gasteiger partial charge is 0.493 e. The maximum atomic E-state index is 12.5. The van der Waals surface area contributed by atoms with E-state index in [1.54, 1.807) is 27.0 Å². The Morgan fingerprint density at radius 3 is 2.48 bits per heavy atom. The molecule has 1 aromatic heterocycles. The lowest BCUT2D eigenvalue weighted by Gasteiger charge is -2.13. The van der Waals surface area contributed by atoms with Gasteiger partial charge in [-0.3, -0.25) is 14.9 Å². The Morgan fingerprint density at radius 1 is 1.24 bits per heavy atom. The van der Waals surface area contributed by atoms with Gasteiger partial charge in [0.2, 0.25) is 0 Å². The molecule has 0 bridgehead atoms. The highest BCUT2D eigenvalue weighted by Crippen LogP contribution is 2.28. The fourth-order valence-electron chi connectivity index (χ4n) is 2.71. The van der Waals surface area contributed by atoms with Crippen molar-refractivity contribution in [1.82, 2.24) is 20.0 Å². The summed E-state index contributed by atoms with van der Waals surface area (Å²) >= 11 is 0. The lowest BCUT2D eigenvalue weighted by atomic mass is 10.1. The van der Waals surface area contributed by atoms with Gasteiger partial charge in [0.25, 0.3) is 15.9 Å². The minimum atomic E-state index is -3.97. The van der Waals surface area contributed by atoms with Crippen LogP contribution in [-0.2, 0) is 17.1 Å². The Hall–Kier alpha value is -2.59. The zero-order valence-electron chi connectivity index (χ0n) is 17.6. The van der Waals surface area contributed by atoms with Crippen molar-refractivity contribution in [2.24, 2.45) is 13.0 Å². The molecule has 0 saturated carbocycles. The second-order valence-corrected chi connectivity index (χ2v) is 8.70. The number of rotatable bonds is 9. The van der Waals surface area contributed by atoms with Crippen LogP contribution < -0.4 is 19.7 Å². The first-order valence-electron chi connectivity index (χ1n) is 9.20. The fourth-order valence-corrected chi connectivity index (χ4v) is 3.99. The Kier molecular flexibility index (Phi) is 7.26. The van der Waals surface area contributed by atoms with E-state index < -0.39 is 15.9 Å². The molecule has 1 heterocycles. The maximum Gasteiger partial charge on any atom is 0.266 e. The molecule has 160 valence electrons. The number of hydrogen-bond acceptors (Lipinski definition) is 6. The number of aromatic nitrogens is 2. The number of amides is 1. The summed E-state index contributed by atoms with van der Waals surface area (Å²) in [7, 11) is -0.844. The van der Waals surface area contributed by atoms with Crippen molar-refractivity contribution in [3.05, 3.63) is 35.2 Å². The molecule has 10 heteroatoms. The molecule has 0 aliphatic rings. The van der Waals surface area contributed by atoms with E-state index in [9.17, 15) is 13.2 Å². The number of carbonyl (C=O) groups is 1. The predicted octanol–water partition coefficient (Wildman–Crippen LogP) is 2.09. The first-order chi connectivity index (χ1) is 13.6. The van der Waals surface area contributed by atoms with Gasteiger partial charge in [-0.1, -0.05) is 13.8 Å². The molecule has 0 radical (unpaired) electrons. The van der Waals surface area contributed by atoms with Crippen LogP contribution in [0, 0.1) is 19.8 Å². The summed E-state index contributed by atoms with van der Waals surface area (Å²) in [6, 6.07) is 4.66.